The number of nitrogens with two attached hydrogens (primary N) is 1. The first kappa shape index (κ1) is 14.8. The van der Waals surface area contributed by atoms with Gasteiger partial charge in [-0.3, -0.25) is 9.69 Å². The Morgan fingerprint density at radius 3 is 2.23 bits per heavy atom. The number of ether oxygens (including phenoxy) is 1. The SMILES string of the molecule is CC(C(N)=O)N1CCOCC1.O.O. The van der Waals surface area contributed by atoms with Gasteiger partial charge < -0.3 is 21.4 Å². The number of nitrogens with zero attached hydrogens (tertiary/aromatic N) is 1. The molecule has 0 aromatic carbocycles. The predicted molar refractivity (Wildman–Crippen MR) is 48.3 cm³/mol. The van der Waals surface area contributed by atoms with Crippen molar-refractivity contribution in [3.63, 3.8) is 0 Å². The molecule has 6 heteroatoms. The second kappa shape index (κ2) is 6.79. The zero-order valence-electron chi connectivity index (χ0n) is 7.75. The maximum atomic E-state index is 10.7. The van der Waals surface area contributed by atoms with Gasteiger partial charge in [-0.05, 0) is 6.92 Å². The number of hydrogen-bond donors (Lipinski definition) is 1. The van der Waals surface area contributed by atoms with Crippen molar-refractivity contribution in [2.75, 3.05) is 26.3 Å². The summed E-state index contributed by atoms with van der Waals surface area (Å²) in [5.74, 6) is -0.257. The van der Waals surface area contributed by atoms with Gasteiger partial charge in [-0.25, -0.2) is 0 Å². The monoisotopic (exact) mass is 194 g/mol. The van der Waals surface area contributed by atoms with Gasteiger partial charge in [0, 0.05) is 13.1 Å². The van der Waals surface area contributed by atoms with Crippen LogP contribution in [0.2, 0.25) is 0 Å². The van der Waals surface area contributed by atoms with Gasteiger partial charge in [0.05, 0.1) is 19.3 Å². The van der Waals surface area contributed by atoms with Crippen molar-refractivity contribution >= 4 is 5.91 Å². The summed E-state index contributed by atoms with van der Waals surface area (Å²) in [6.07, 6.45) is 0. The summed E-state index contributed by atoms with van der Waals surface area (Å²) >= 11 is 0. The first-order chi connectivity index (χ1) is 5.22. The van der Waals surface area contributed by atoms with Gasteiger partial charge in [-0.2, -0.15) is 0 Å². The Morgan fingerprint density at radius 2 is 1.85 bits per heavy atom. The molecular weight excluding hydrogens is 176 g/mol. The zero-order chi connectivity index (χ0) is 8.27. The minimum Gasteiger partial charge on any atom is -0.412 e. The molecule has 1 fully saturated rings. The Hall–Kier alpha value is -0.690. The molecule has 0 bridgehead atoms. The Labute approximate surface area is 77.3 Å². The van der Waals surface area contributed by atoms with Crippen LogP contribution < -0.4 is 5.73 Å². The number of morpholine rings is 1. The maximum absolute atomic E-state index is 10.7. The van der Waals surface area contributed by atoms with E-state index in [0.29, 0.717) is 13.2 Å². The van der Waals surface area contributed by atoms with Crippen LogP contribution in [0, 0.1) is 0 Å². The standard InChI is InChI=1S/C7H14N2O2.2H2O/c1-6(7(8)10)9-2-4-11-5-3-9;;/h6H,2-5H2,1H3,(H2,8,10);2*1H2. The van der Waals surface area contributed by atoms with Crippen LogP contribution in [0.1, 0.15) is 6.92 Å². The van der Waals surface area contributed by atoms with Crippen molar-refractivity contribution in [1.82, 2.24) is 4.90 Å². The van der Waals surface area contributed by atoms with E-state index in [1.165, 1.54) is 0 Å². The fraction of sp³-hybridized carbons (Fsp3) is 0.857. The molecule has 0 aromatic rings. The highest BCUT2D eigenvalue weighted by molar-refractivity contribution is 5.79. The Morgan fingerprint density at radius 1 is 1.38 bits per heavy atom. The smallest absolute Gasteiger partial charge is 0.234 e. The third kappa shape index (κ3) is 4.18. The number of hydrogen-bond acceptors (Lipinski definition) is 3. The molecule has 1 rings (SSSR count). The summed E-state index contributed by atoms with van der Waals surface area (Å²) in [6.45, 7) is 4.86. The largest absolute Gasteiger partial charge is 0.412 e. The van der Waals surface area contributed by atoms with Gasteiger partial charge in [-0.1, -0.05) is 0 Å². The van der Waals surface area contributed by atoms with Gasteiger partial charge in [0.15, 0.2) is 0 Å². The topological polar surface area (TPSA) is 119 Å². The van der Waals surface area contributed by atoms with Crippen LogP contribution in [-0.2, 0) is 9.53 Å². The highest BCUT2D eigenvalue weighted by Gasteiger charge is 2.20. The summed E-state index contributed by atoms with van der Waals surface area (Å²) in [4.78, 5) is 12.8. The molecule has 1 aliphatic heterocycles. The van der Waals surface area contributed by atoms with Crippen molar-refractivity contribution in [1.29, 1.82) is 0 Å². The molecule has 0 aromatic heterocycles. The molecule has 1 atom stereocenters. The lowest BCUT2D eigenvalue weighted by Crippen LogP contribution is -2.48. The highest BCUT2D eigenvalue weighted by Crippen LogP contribution is 2.01. The minimum atomic E-state index is -0.257. The van der Waals surface area contributed by atoms with Gasteiger partial charge in [0.1, 0.15) is 0 Å². The minimum absolute atomic E-state index is 0. The average molecular weight is 194 g/mol. The Kier molecular flexibility index (Phi) is 7.73. The fourth-order valence-corrected chi connectivity index (χ4v) is 1.14. The van der Waals surface area contributed by atoms with Crippen LogP contribution in [0.3, 0.4) is 0 Å². The van der Waals surface area contributed by atoms with Crippen LogP contribution in [-0.4, -0.2) is 54.1 Å². The number of amides is 1. The van der Waals surface area contributed by atoms with Crippen LogP contribution in [0.4, 0.5) is 0 Å². The summed E-state index contributed by atoms with van der Waals surface area (Å²) in [5, 5.41) is 0. The summed E-state index contributed by atoms with van der Waals surface area (Å²) < 4.78 is 5.14. The summed E-state index contributed by atoms with van der Waals surface area (Å²) in [5.41, 5.74) is 5.15. The number of carbonyl (C=O) groups excluding carboxylic acids is 1. The van der Waals surface area contributed by atoms with Gasteiger partial charge in [0.2, 0.25) is 5.91 Å². The third-order valence-electron chi connectivity index (χ3n) is 2.01. The number of carbonyl (C=O) groups is 1. The first-order valence-electron chi connectivity index (χ1n) is 3.83. The van der Waals surface area contributed by atoms with Crippen LogP contribution in [0.15, 0.2) is 0 Å². The molecular formula is C7H18N2O4. The van der Waals surface area contributed by atoms with Crippen LogP contribution in [0.5, 0.6) is 0 Å². The molecule has 0 saturated carbocycles. The number of primary amides is 1. The molecule has 1 unspecified atom stereocenters. The molecule has 0 spiro atoms. The van der Waals surface area contributed by atoms with E-state index in [1.54, 1.807) is 0 Å². The molecule has 13 heavy (non-hydrogen) atoms. The highest BCUT2D eigenvalue weighted by atomic mass is 16.5. The van der Waals surface area contributed by atoms with E-state index in [0.717, 1.165) is 13.1 Å². The van der Waals surface area contributed by atoms with E-state index in [9.17, 15) is 4.79 Å². The lowest BCUT2D eigenvalue weighted by atomic mass is 10.2. The molecule has 1 aliphatic rings. The first-order valence-corrected chi connectivity index (χ1v) is 3.83. The van der Waals surface area contributed by atoms with Gasteiger partial charge in [-0.15, -0.1) is 0 Å². The van der Waals surface area contributed by atoms with Crippen LogP contribution in [0.25, 0.3) is 0 Å². The second-order valence-electron chi connectivity index (χ2n) is 2.73. The fourth-order valence-electron chi connectivity index (χ4n) is 1.14. The molecule has 1 saturated heterocycles. The van der Waals surface area contributed by atoms with Crippen molar-refractivity contribution in [2.45, 2.75) is 13.0 Å². The molecule has 80 valence electrons. The predicted octanol–water partition coefficient (Wildman–Crippen LogP) is -2.46. The van der Waals surface area contributed by atoms with E-state index in [4.69, 9.17) is 10.5 Å². The average Bonchev–Trinajstić information content (AvgIpc) is 2.05. The Balaban J connectivity index is 0. The Bertz CT molecular complexity index is 147. The lowest BCUT2D eigenvalue weighted by molar-refractivity contribution is -0.124. The van der Waals surface area contributed by atoms with Crippen molar-refractivity contribution in [2.24, 2.45) is 5.73 Å². The molecule has 1 heterocycles. The quantitative estimate of drug-likeness (QED) is 0.525. The van der Waals surface area contributed by atoms with Crippen LogP contribution >= 0.6 is 0 Å². The van der Waals surface area contributed by atoms with E-state index in [1.807, 2.05) is 11.8 Å². The second-order valence-corrected chi connectivity index (χ2v) is 2.73. The van der Waals surface area contributed by atoms with E-state index in [2.05, 4.69) is 0 Å². The molecule has 0 aliphatic carbocycles. The van der Waals surface area contributed by atoms with E-state index >= 15 is 0 Å². The molecule has 1 amide bonds. The van der Waals surface area contributed by atoms with Crippen molar-refractivity contribution < 1.29 is 20.5 Å². The zero-order valence-corrected chi connectivity index (χ0v) is 7.75. The van der Waals surface area contributed by atoms with E-state index < -0.39 is 0 Å². The molecule has 6 nitrogen and oxygen atoms in total. The van der Waals surface area contributed by atoms with Gasteiger partial charge >= 0.3 is 0 Å². The summed E-state index contributed by atoms with van der Waals surface area (Å²) in [6, 6.07) is -0.154. The van der Waals surface area contributed by atoms with Gasteiger partial charge in [0.25, 0.3) is 0 Å². The van der Waals surface area contributed by atoms with Crippen molar-refractivity contribution in [3.05, 3.63) is 0 Å². The van der Waals surface area contributed by atoms with Crippen molar-refractivity contribution in [3.8, 4) is 0 Å². The third-order valence-corrected chi connectivity index (χ3v) is 2.01. The number of rotatable bonds is 2. The lowest BCUT2D eigenvalue weighted by Gasteiger charge is -2.30. The van der Waals surface area contributed by atoms with E-state index in [-0.39, 0.29) is 22.9 Å². The maximum Gasteiger partial charge on any atom is 0.234 e. The summed E-state index contributed by atoms with van der Waals surface area (Å²) in [7, 11) is 0. The molecule has 0 radical (unpaired) electrons. The normalized spacial score (nSPS) is 19.5. The molecule has 6 N–H and O–H groups in total.